The van der Waals surface area contributed by atoms with E-state index in [1.165, 1.54) is 11.1 Å². The first-order chi connectivity index (χ1) is 12.2. The van der Waals surface area contributed by atoms with E-state index in [9.17, 15) is 4.79 Å². The number of carbonyl (C=O) groups excluding carboxylic acids is 1. The van der Waals surface area contributed by atoms with Crippen LogP contribution in [-0.2, 0) is 6.42 Å². The molecule has 0 saturated carbocycles. The zero-order valence-electron chi connectivity index (χ0n) is 14.2. The molecule has 0 aliphatic heterocycles. The average Bonchev–Trinajstić information content (AvgIpc) is 2.63. The predicted octanol–water partition coefficient (Wildman–Crippen LogP) is 4.11. The van der Waals surface area contributed by atoms with Crippen LogP contribution >= 0.6 is 0 Å². The summed E-state index contributed by atoms with van der Waals surface area (Å²) in [7, 11) is 0. The third kappa shape index (κ3) is 4.91. The maximum atomic E-state index is 12.2. The molecule has 3 aromatic rings. The average molecular weight is 331 g/mol. The van der Waals surface area contributed by atoms with Crippen molar-refractivity contribution in [3.05, 3.63) is 89.7 Å². The smallest absolute Gasteiger partial charge is 0.269 e. The highest BCUT2D eigenvalue weighted by molar-refractivity contribution is 5.92. The minimum absolute atomic E-state index is 0.155. The molecule has 0 unspecified atom stereocenters. The highest BCUT2D eigenvalue weighted by Crippen LogP contribution is 2.16. The first-order valence-corrected chi connectivity index (χ1v) is 8.32. The summed E-state index contributed by atoms with van der Waals surface area (Å²) in [6.45, 7) is 2.64. The molecule has 3 rings (SSSR count). The van der Waals surface area contributed by atoms with Crippen molar-refractivity contribution in [2.24, 2.45) is 0 Å². The van der Waals surface area contributed by atoms with Crippen LogP contribution in [0.2, 0.25) is 0 Å². The molecule has 0 bridgehead atoms. The van der Waals surface area contributed by atoms with E-state index in [-0.39, 0.29) is 5.91 Å². The number of carbonyl (C=O) groups is 1. The molecule has 2 aromatic carbocycles. The normalized spacial score (nSPS) is 10.3. The third-order valence-corrected chi connectivity index (χ3v) is 3.84. The van der Waals surface area contributed by atoms with Crippen molar-refractivity contribution in [1.29, 1.82) is 0 Å². The van der Waals surface area contributed by atoms with Crippen molar-refractivity contribution >= 4 is 17.3 Å². The summed E-state index contributed by atoms with van der Waals surface area (Å²) in [6.07, 6.45) is 2.48. The minimum Gasteiger partial charge on any atom is -0.354 e. The molecule has 0 radical (unpaired) electrons. The molecule has 126 valence electrons. The number of benzene rings is 2. The SMILES string of the molecule is Cc1cccc(Nc2ccc(C(=O)NCCc3ccccc3)nc2)c1. The van der Waals surface area contributed by atoms with Crippen LogP contribution in [0.15, 0.2) is 72.9 Å². The summed E-state index contributed by atoms with van der Waals surface area (Å²) < 4.78 is 0. The fourth-order valence-electron chi connectivity index (χ4n) is 2.55. The molecular formula is C21H21N3O. The van der Waals surface area contributed by atoms with Crippen molar-refractivity contribution in [2.45, 2.75) is 13.3 Å². The Morgan fingerprint density at radius 3 is 2.52 bits per heavy atom. The number of aromatic nitrogens is 1. The van der Waals surface area contributed by atoms with E-state index < -0.39 is 0 Å². The van der Waals surface area contributed by atoms with Gasteiger partial charge in [-0.2, -0.15) is 0 Å². The summed E-state index contributed by atoms with van der Waals surface area (Å²) in [5.74, 6) is -0.155. The largest absolute Gasteiger partial charge is 0.354 e. The molecule has 0 aliphatic carbocycles. The number of pyridine rings is 1. The van der Waals surface area contributed by atoms with E-state index in [1.54, 1.807) is 12.3 Å². The summed E-state index contributed by atoms with van der Waals surface area (Å²) in [4.78, 5) is 16.4. The van der Waals surface area contributed by atoms with Crippen molar-refractivity contribution in [1.82, 2.24) is 10.3 Å². The van der Waals surface area contributed by atoms with Gasteiger partial charge in [0.05, 0.1) is 11.9 Å². The van der Waals surface area contributed by atoms with Gasteiger partial charge in [0.25, 0.3) is 5.91 Å². The molecule has 2 N–H and O–H groups in total. The lowest BCUT2D eigenvalue weighted by Gasteiger charge is -2.08. The van der Waals surface area contributed by atoms with Gasteiger partial charge < -0.3 is 10.6 Å². The van der Waals surface area contributed by atoms with Crippen LogP contribution in [0.4, 0.5) is 11.4 Å². The Morgan fingerprint density at radius 1 is 0.960 bits per heavy atom. The standard InChI is InChI=1S/C21H21N3O/c1-16-6-5-9-18(14-16)24-19-10-11-20(23-15-19)21(25)22-13-12-17-7-3-2-4-8-17/h2-11,14-15,24H,12-13H2,1H3,(H,22,25). The lowest BCUT2D eigenvalue weighted by atomic mass is 10.1. The van der Waals surface area contributed by atoms with Crippen molar-refractivity contribution in [3.8, 4) is 0 Å². The van der Waals surface area contributed by atoms with E-state index in [1.807, 2.05) is 49.4 Å². The number of hydrogen-bond acceptors (Lipinski definition) is 3. The van der Waals surface area contributed by atoms with E-state index in [0.29, 0.717) is 12.2 Å². The van der Waals surface area contributed by atoms with Gasteiger partial charge >= 0.3 is 0 Å². The minimum atomic E-state index is -0.155. The fraction of sp³-hybridized carbons (Fsp3) is 0.143. The maximum Gasteiger partial charge on any atom is 0.269 e. The van der Waals surface area contributed by atoms with Crippen LogP contribution in [0.25, 0.3) is 0 Å². The Bertz CT molecular complexity index is 829. The fourth-order valence-corrected chi connectivity index (χ4v) is 2.55. The Hall–Kier alpha value is -3.14. The maximum absolute atomic E-state index is 12.2. The first kappa shape index (κ1) is 16.7. The molecule has 0 spiro atoms. The summed E-state index contributed by atoms with van der Waals surface area (Å²) >= 11 is 0. The third-order valence-electron chi connectivity index (χ3n) is 3.84. The number of rotatable bonds is 6. The van der Waals surface area contributed by atoms with Gasteiger partial charge in [-0.25, -0.2) is 4.98 Å². The second kappa shape index (κ2) is 8.11. The van der Waals surface area contributed by atoms with E-state index in [4.69, 9.17) is 0 Å². The van der Waals surface area contributed by atoms with Crippen molar-refractivity contribution in [2.75, 3.05) is 11.9 Å². The Morgan fingerprint density at radius 2 is 1.80 bits per heavy atom. The number of aryl methyl sites for hydroxylation is 1. The molecule has 4 heteroatoms. The van der Waals surface area contributed by atoms with Gasteiger partial charge in [-0.15, -0.1) is 0 Å². The van der Waals surface area contributed by atoms with Gasteiger partial charge in [0.15, 0.2) is 0 Å². The summed E-state index contributed by atoms with van der Waals surface area (Å²) in [5.41, 5.74) is 4.66. The van der Waals surface area contributed by atoms with E-state index >= 15 is 0 Å². The van der Waals surface area contributed by atoms with Crippen molar-refractivity contribution < 1.29 is 4.79 Å². The van der Waals surface area contributed by atoms with Crippen LogP contribution in [0.3, 0.4) is 0 Å². The first-order valence-electron chi connectivity index (χ1n) is 8.32. The van der Waals surface area contributed by atoms with Crippen LogP contribution in [0.5, 0.6) is 0 Å². The monoisotopic (exact) mass is 331 g/mol. The van der Waals surface area contributed by atoms with Crippen LogP contribution in [-0.4, -0.2) is 17.4 Å². The summed E-state index contributed by atoms with van der Waals surface area (Å²) in [6, 6.07) is 21.8. The zero-order valence-corrected chi connectivity index (χ0v) is 14.2. The molecule has 1 heterocycles. The molecule has 25 heavy (non-hydrogen) atoms. The number of hydrogen-bond donors (Lipinski definition) is 2. The number of nitrogens with zero attached hydrogens (tertiary/aromatic N) is 1. The quantitative estimate of drug-likeness (QED) is 0.715. The lowest BCUT2D eigenvalue weighted by molar-refractivity contribution is 0.0949. The van der Waals surface area contributed by atoms with Crippen LogP contribution in [0, 0.1) is 6.92 Å². The second-order valence-electron chi connectivity index (χ2n) is 5.92. The molecule has 0 atom stereocenters. The van der Waals surface area contributed by atoms with Gasteiger partial charge in [-0.05, 0) is 48.7 Å². The van der Waals surface area contributed by atoms with E-state index in [0.717, 1.165) is 17.8 Å². The predicted molar refractivity (Wildman–Crippen MR) is 101 cm³/mol. The zero-order chi connectivity index (χ0) is 17.5. The molecule has 0 fully saturated rings. The Labute approximate surface area is 147 Å². The van der Waals surface area contributed by atoms with Gasteiger partial charge in [-0.1, -0.05) is 42.5 Å². The van der Waals surface area contributed by atoms with Crippen LogP contribution < -0.4 is 10.6 Å². The van der Waals surface area contributed by atoms with Gasteiger partial charge in [0.2, 0.25) is 0 Å². The Kier molecular flexibility index (Phi) is 5.42. The molecular weight excluding hydrogens is 310 g/mol. The van der Waals surface area contributed by atoms with E-state index in [2.05, 4.69) is 33.8 Å². The number of nitrogens with one attached hydrogen (secondary N) is 2. The molecule has 0 aliphatic rings. The van der Waals surface area contributed by atoms with Gasteiger partial charge in [0, 0.05) is 12.2 Å². The Balaban J connectivity index is 1.53. The van der Waals surface area contributed by atoms with Gasteiger partial charge in [-0.3, -0.25) is 4.79 Å². The molecule has 1 amide bonds. The van der Waals surface area contributed by atoms with Crippen molar-refractivity contribution in [3.63, 3.8) is 0 Å². The topological polar surface area (TPSA) is 54.0 Å². The van der Waals surface area contributed by atoms with Crippen LogP contribution in [0.1, 0.15) is 21.6 Å². The molecule has 0 saturated heterocycles. The molecule has 4 nitrogen and oxygen atoms in total. The highest BCUT2D eigenvalue weighted by atomic mass is 16.1. The second-order valence-corrected chi connectivity index (χ2v) is 5.92. The lowest BCUT2D eigenvalue weighted by Crippen LogP contribution is -2.26. The number of anilines is 2. The highest BCUT2D eigenvalue weighted by Gasteiger charge is 2.06. The number of amides is 1. The molecule has 1 aromatic heterocycles. The summed E-state index contributed by atoms with van der Waals surface area (Å²) in [5, 5.41) is 6.18. The van der Waals surface area contributed by atoms with Gasteiger partial charge in [0.1, 0.15) is 5.69 Å².